The lowest BCUT2D eigenvalue weighted by Gasteiger charge is -2.37. The number of anilines is 2. The van der Waals surface area contributed by atoms with E-state index in [1.807, 2.05) is 12.1 Å². The molecule has 0 unspecified atom stereocenters. The van der Waals surface area contributed by atoms with Crippen LogP contribution in [-0.4, -0.2) is 38.1 Å². The van der Waals surface area contributed by atoms with Crippen molar-refractivity contribution >= 4 is 11.4 Å². The lowest BCUT2D eigenvalue weighted by molar-refractivity contribution is 0.258. The van der Waals surface area contributed by atoms with E-state index in [2.05, 4.69) is 36.0 Å². The number of nitrogens with two attached hydrogens (primary N) is 1. The SMILES string of the molecule is CN(C)[C@@H]1CCCN(c2ccc(N)cc2)C1. The Kier molecular flexibility index (Phi) is 3.34. The highest BCUT2D eigenvalue weighted by Crippen LogP contribution is 2.22. The summed E-state index contributed by atoms with van der Waals surface area (Å²) in [4.78, 5) is 4.77. The molecule has 16 heavy (non-hydrogen) atoms. The molecule has 0 amide bonds. The first kappa shape index (κ1) is 11.3. The van der Waals surface area contributed by atoms with E-state index in [1.54, 1.807) is 0 Å². The van der Waals surface area contributed by atoms with Gasteiger partial charge in [0.25, 0.3) is 0 Å². The maximum absolute atomic E-state index is 5.70. The zero-order chi connectivity index (χ0) is 11.5. The van der Waals surface area contributed by atoms with Gasteiger partial charge in [-0.2, -0.15) is 0 Å². The van der Waals surface area contributed by atoms with Gasteiger partial charge in [0.15, 0.2) is 0 Å². The van der Waals surface area contributed by atoms with Crippen LogP contribution in [0.4, 0.5) is 11.4 Å². The minimum atomic E-state index is 0.673. The Morgan fingerprint density at radius 1 is 1.25 bits per heavy atom. The second kappa shape index (κ2) is 4.74. The molecule has 1 atom stereocenters. The molecular formula is C13H21N3. The molecule has 0 spiro atoms. The van der Waals surface area contributed by atoms with Crippen molar-refractivity contribution in [1.29, 1.82) is 0 Å². The van der Waals surface area contributed by atoms with E-state index in [1.165, 1.54) is 18.5 Å². The summed E-state index contributed by atoms with van der Waals surface area (Å²) in [5.41, 5.74) is 7.84. The molecule has 0 bridgehead atoms. The summed E-state index contributed by atoms with van der Waals surface area (Å²) in [5.74, 6) is 0. The number of nitrogens with zero attached hydrogens (tertiary/aromatic N) is 2. The predicted octanol–water partition coefficient (Wildman–Crippen LogP) is 1.80. The number of benzene rings is 1. The smallest absolute Gasteiger partial charge is 0.0368 e. The number of piperidine rings is 1. The molecule has 2 N–H and O–H groups in total. The first-order chi connectivity index (χ1) is 7.66. The molecule has 1 saturated heterocycles. The van der Waals surface area contributed by atoms with Gasteiger partial charge in [-0.05, 0) is 51.2 Å². The fourth-order valence-electron chi connectivity index (χ4n) is 2.30. The number of nitrogen functional groups attached to an aromatic ring is 1. The van der Waals surface area contributed by atoms with Gasteiger partial charge in [0.1, 0.15) is 0 Å². The molecule has 88 valence electrons. The van der Waals surface area contributed by atoms with Gasteiger partial charge in [-0.3, -0.25) is 0 Å². The predicted molar refractivity (Wildman–Crippen MR) is 69.8 cm³/mol. The Morgan fingerprint density at radius 2 is 1.94 bits per heavy atom. The van der Waals surface area contributed by atoms with Crippen LogP contribution in [-0.2, 0) is 0 Å². The van der Waals surface area contributed by atoms with E-state index < -0.39 is 0 Å². The zero-order valence-corrected chi connectivity index (χ0v) is 10.2. The van der Waals surface area contributed by atoms with Crippen LogP contribution in [0.2, 0.25) is 0 Å². The minimum Gasteiger partial charge on any atom is -0.399 e. The second-order valence-electron chi connectivity index (χ2n) is 4.80. The van der Waals surface area contributed by atoms with Gasteiger partial charge in [-0.25, -0.2) is 0 Å². The Labute approximate surface area is 97.8 Å². The second-order valence-corrected chi connectivity index (χ2v) is 4.80. The average Bonchev–Trinajstić information content (AvgIpc) is 2.30. The Morgan fingerprint density at radius 3 is 2.56 bits per heavy atom. The lowest BCUT2D eigenvalue weighted by atomic mass is 10.0. The summed E-state index contributed by atoms with van der Waals surface area (Å²) in [6.45, 7) is 2.28. The molecule has 1 aliphatic rings. The highest BCUT2D eigenvalue weighted by Gasteiger charge is 2.21. The third-order valence-electron chi connectivity index (χ3n) is 3.39. The van der Waals surface area contributed by atoms with Crippen LogP contribution in [0, 0.1) is 0 Å². The van der Waals surface area contributed by atoms with E-state index in [0.29, 0.717) is 6.04 Å². The largest absolute Gasteiger partial charge is 0.399 e. The van der Waals surface area contributed by atoms with Gasteiger partial charge in [-0.1, -0.05) is 0 Å². The fraction of sp³-hybridized carbons (Fsp3) is 0.538. The quantitative estimate of drug-likeness (QED) is 0.770. The van der Waals surface area contributed by atoms with Crippen LogP contribution in [0.15, 0.2) is 24.3 Å². The Bertz CT molecular complexity index is 332. The van der Waals surface area contributed by atoms with Crippen molar-refractivity contribution < 1.29 is 0 Å². The molecule has 1 fully saturated rings. The van der Waals surface area contributed by atoms with Crippen molar-refractivity contribution in [2.45, 2.75) is 18.9 Å². The molecule has 3 heteroatoms. The minimum absolute atomic E-state index is 0.673. The maximum atomic E-state index is 5.70. The van der Waals surface area contributed by atoms with E-state index >= 15 is 0 Å². The number of likely N-dealkylation sites (N-methyl/N-ethyl adjacent to an activating group) is 1. The third kappa shape index (κ3) is 2.47. The van der Waals surface area contributed by atoms with Crippen molar-refractivity contribution in [2.24, 2.45) is 0 Å². The van der Waals surface area contributed by atoms with Gasteiger partial charge in [0.2, 0.25) is 0 Å². The molecule has 0 radical (unpaired) electrons. The summed E-state index contributed by atoms with van der Waals surface area (Å²) in [6.07, 6.45) is 2.58. The molecule has 1 aromatic carbocycles. The summed E-state index contributed by atoms with van der Waals surface area (Å²) < 4.78 is 0. The van der Waals surface area contributed by atoms with Crippen molar-refractivity contribution in [2.75, 3.05) is 37.8 Å². The standard InChI is InChI=1S/C13H21N3/c1-15(2)13-4-3-9-16(10-13)12-7-5-11(14)6-8-12/h5-8,13H,3-4,9-10,14H2,1-2H3/t13-/m1/s1. The Hall–Kier alpha value is -1.22. The molecule has 3 nitrogen and oxygen atoms in total. The highest BCUT2D eigenvalue weighted by molar-refractivity contribution is 5.53. The van der Waals surface area contributed by atoms with E-state index in [0.717, 1.165) is 18.8 Å². The van der Waals surface area contributed by atoms with Crippen molar-refractivity contribution in [3.63, 3.8) is 0 Å². The van der Waals surface area contributed by atoms with Crippen LogP contribution in [0.25, 0.3) is 0 Å². The van der Waals surface area contributed by atoms with Crippen LogP contribution in [0.3, 0.4) is 0 Å². The molecule has 0 aliphatic carbocycles. The van der Waals surface area contributed by atoms with Crippen LogP contribution < -0.4 is 10.6 Å². The van der Waals surface area contributed by atoms with Gasteiger partial charge in [-0.15, -0.1) is 0 Å². The van der Waals surface area contributed by atoms with Crippen LogP contribution >= 0.6 is 0 Å². The summed E-state index contributed by atoms with van der Waals surface area (Å²) in [7, 11) is 4.33. The summed E-state index contributed by atoms with van der Waals surface area (Å²) >= 11 is 0. The molecular weight excluding hydrogens is 198 g/mol. The Balaban J connectivity index is 2.06. The molecule has 1 heterocycles. The normalized spacial score (nSPS) is 21.4. The van der Waals surface area contributed by atoms with E-state index in [9.17, 15) is 0 Å². The van der Waals surface area contributed by atoms with E-state index in [4.69, 9.17) is 5.73 Å². The van der Waals surface area contributed by atoms with Gasteiger partial charge in [0, 0.05) is 30.5 Å². The zero-order valence-electron chi connectivity index (χ0n) is 10.2. The lowest BCUT2D eigenvalue weighted by Crippen LogP contribution is -2.45. The summed E-state index contributed by atoms with van der Waals surface area (Å²) in [6, 6.07) is 8.87. The average molecular weight is 219 g/mol. The number of rotatable bonds is 2. The maximum Gasteiger partial charge on any atom is 0.0368 e. The third-order valence-corrected chi connectivity index (χ3v) is 3.39. The molecule has 1 aromatic rings. The molecule has 0 saturated carbocycles. The van der Waals surface area contributed by atoms with E-state index in [-0.39, 0.29) is 0 Å². The first-order valence-electron chi connectivity index (χ1n) is 5.94. The topological polar surface area (TPSA) is 32.5 Å². The van der Waals surface area contributed by atoms with Gasteiger partial charge >= 0.3 is 0 Å². The molecule has 0 aromatic heterocycles. The van der Waals surface area contributed by atoms with Gasteiger partial charge < -0.3 is 15.5 Å². The van der Waals surface area contributed by atoms with Crippen molar-refractivity contribution in [3.05, 3.63) is 24.3 Å². The van der Waals surface area contributed by atoms with Crippen molar-refractivity contribution in [1.82, 2.24) is 4.90 Å². The van der Waals surface area contributed by atoms with Crippen molar-refractivity contribution in [3.8, 4) is 0 Å². The van der Waals surface area contributed by atoms with Crippen LogP contribution in [0.5, 0.6) is 0 Å². The number of hydrogen-bond donors (Lipinski definition) is 1. The molecule has 1 aliphatic heterocycles. The fourth-order valence-corrected chi connectivity index (χ4v) is 2.30. The van der Waals surface area contributed by atoms with Crippen LogP contribution in [0.1, 0.15) is 12.8 Å². The first-order valence-corrected chi connectivity index (χ1v) is 5.94. The summed E-state index contributed by atoms with van der Waals surface area (Å²) in [5, 5.41) is 0. The monoisotopic (exact) mass is 219 g/mol. The number of hydrogen-bond acceptors (Lipinski definition) is 3. The highest BCUT2D eigenvalue weighted by atomic mass is 15.2. The van der Waals surface area contributed by atoms with Gasteiger partial charge in [0.05, 0.1) is 0 Å². The molecule has 2 rings (SSSR count).